The molecule has 0 bridgehead atoms. The number of aliphatic hydroxyl groups is 1. The predicted molar refractivity (Wildman–Crippen MR) is 158 cm³/mol. The predicted octanol–water partition coefficient (Wildman–Crippen LogP) is 3.93. The van der Waals surface area contributed by atoms with Gasteiger partial charge < -0.3 is 24.5 Å². The number of nitrogens with zero attached hydrogens (tertiary/aromatic N) is 2. The van der Waals surface area contributed by atoms with Gasteiger partial charge in [0, 0.05) is 47.5 Å². The highest BCUT2D eigenvalue weighted by atomic mass is 35.5. The molecular formula is C31H36ClN3O5. The maximum Gasteiger partial charge on any atom is 0.251 e. The molecule has 0 atom stereocenters. The Balaban J connectivity index is 0.00000370. The van der Waals surface area contributed by atoms with E-state index in [1.165, 1.54) is 0 Å². The molecule has 1 amide bonds. The number of aliphatic hydroxyl groups excluding tert-OH is 1. The zero-order chi connectivity index (χ0) is 27.9. The maximum absolute atomic E-state index is 12.9. The minimum atomic E-state index is -0.358. The lowest BCUT2D eigenvalue weighted by Crippen LogP contribution is -2.31. The van der Waals surface area contributed by atoms with Gasteiger partial charge in [-0.15, -0.1) is 12.4 Å². The van der Waals surface area contributed by atoms with E-state index in [1.807, 2.05) is 24.4 Å². The van der Waals surface area contributed by atoms with Gasteiger partial charge in [0.15, 0.2) is 11.5 Å². The number of hydrogen-bond donors (Lipinski definition) is 2. The Hall–Kier alpha value is -3.62. The van der Waals surface area contributed by atoms with Crippen molar-refractivity contribution in [2.45, 2.75) is 58.2 Å². The molecule has 0 saturated heterocycles. The van der Waals surface area contributed by atoms with Crippen LogP contribution in [0.2, 0.25) is 0 Å². The van der Waals surface area contributed by atoms with Crippen LogP contribution in [0.3, 0.4) is 0 Å². The van der Waals surface area contributed by atoms with E-state index in [9.17, 15) is 9.59 Å². The minimum absolute atomic E-state index is 0. The Kier molecular flexibility index (Phi) is 8.15. The van der Waals surface area contributed by atoms with E-state index in [0.29, 0.717) is 12.1 Å². The molecular weight excluding hydrogens is 530 g/mol. The number of ether oxygens (including phenoxy) is 2. The number of carbonyl (C=O) groups is 1. The van der Waals surface area contributed by atoms with Crippen LogP contribution >= 0.6 is 12.4 Å². The van der Waals surface area contributed by atoms with Crippen LogP contribution in [0, 0.1) is 0 Å². The third-order valence-electron chi connectivity index (χ3n) is 7.12. The average molecular weight is 566 g/mol. The van der Waals surface area contributed by atoms with Gasteiger partial charge in [-0.1, -0.05) is 12.1 Å². The smallest absolute Gasteiger partial charge is 0.251 e. The summed E-state index contributed by atoms with van der Waals surface area (Å²) in [7, 11) is 1.67. The third kappa shape index (κ3) is 5.78. The number of pyridine rings is 1. The van der Waals surface area contributed by atoms with Crippen molar-refractivity contribution in [1.29, 1.82) is 0 Å². The summed E-state index contributed by atoms with van der Waals surface area (Å²) in [6, 6.07) is 12.6. The van der Waals surface area contributed by atoms with Crippen LogP contribution in [0.1, 0.15) is 65.9 Å². The minimum Gasteiger partial charge on any atom is -0.493 e. The highest BCUT2D eigenvalue weighted by molar-refractivity contribution is 6.16. The van der Waals surface area contributed by atoms with Crippen molar-refractivity contribution >= 4 is 24.0 Å². The number of aromatic nitrogens is 1. The molecule has 5 rings (SSSR count). The van der Waals surface area contributed by atoms with Gasteiger partial charge >= 0.3 is 0 Å². The van der Waals surface area contributed by atoms with E-state index < -0.39 is 0 Å². The Bertz CT molecular complexity index is 1520. The number of rotatable bonds is 7. The fourth-order valence-electron chi connectivity index (χ4n) is 5.45. The van der Waals surface area contributed by atoms with E-state index in [-0.39, 0.29) is 48.2 Å². The third-order valence-corrected chi connectivity index (χ3v) is 7.12. The number of nitrogens with one attached hydrogen (secondary N) is 1. The highest BCUT2D eigenvalue weighted by Gasteiger charge is 2.39. The number of benzene rings is 2. The molecule has 40 heavy (non-hydrogen) atoms. The molecule has 1 aromatic heterocycles. The summed E-state index contributed by atoms with van der Waals surface area (Å²) in [4.78, 5) is 30.2. The van der Waals surface area contributed by atoms with E-state index >= 15 is 0 Å². The summed E-state index contributed by atoms with van der Waals surface area (Å²) in [5.41, 5.74) is 5.62. The molecule has 9 heteroatoms. The van der Waals surface area contributed by atoms with E-state index in [0.717, 1.165) is 57.9 Å². The van der Waals surface area contributed by atoms with Gasteiger partial charge in [-0.3, -0.25) is 14.6 Å². The average Bonchev–Trinajstić information content (AvgIpc) is 3.22. The van der Waals surface area contributed by atoms with Crippen molar-refractivity contribution in [3.8, 4) is 11.5 Å². The molecule has 2 N–H and O–H groups in total. The lowest BCUT2D eigenvalue weighted by atomic mass is 9.81. The lowest BCUT2D eigenvalue weighted by molar-refractivity contribution is 0.0944. The molecule has 3 aromatic rings. The van der Waals surface area contributed by atoms with Gasteiger partial charge in [0.05, 0.1) is 31.5 Å². The molecule has 0 aliphatic carbocycles. The summed E-state index contributed by atoms with van der Waals surface area (Å²) in [5.74, 6) is 1.26. The van der Waals surface area contributed by atoms with E-state index in [1.54, 1.807) is 29.9 Å². The topological polar surface area (TPSA) is 102 Å². The van der Waals surface area contributed by atoms with Crippen molar-refractivity contribution in [2.75, 3.05) is 20.3 Å². The number of aliphatic imine (C=N–C) groups is 1. The SMILES string of the molecule is COc1cc2c(c3c1OC(C)(C)C3)C(c1ccc(=O)n(Cc3ccc(C(=O)NCCO)cc3)c1)=NC(C)(C)C2.Cl. The molecule has 0 fully saturated rings. The second kappa shape index (κ2) is 11.1. The van der Waals surface area contributed by atoms with Crippen LogP contribution in [0.15, 0.2) is 58.4 Å². The van der Waals surface area contributed by atoms with Crippen molar-refractivity contribution < 1.29 is 19.4 Å². The van der Waals surface area contributed by atoms with Crippen molar-refractivity contribution in [2.24, 2.45) is 4.99 Å². The van der Waals surface area contributed by atoms with Crippen molar-refractivity contribution in [3.63, 3.8) is 0 Å². The van der Waals surface area contributed by atoms with Gasteiger partial charge in [0.2, 0.25) is 0 Å². The number of halogens is 1. The molecule has 0 radical (unpaired) electrons. The Morgan fingerprint density at radius 2 is 1.85 bits per heavy atom. The van der Waals surface area contributed by atoms with E-state index in [4.69, 9.17) is 19.6 Å². The molecule has 0 unspecified atom stereocenters. The lowest BCUT2D eigenvalue weighted by Gasteiger charge is -2.31. The number of fused-ring (bicyclic) bond motifs is 3. The summed E-state index contributed by atoms with van der Waals surface area (Å²) in [5, 5.41) is 11.6. The zero-order valence-corrected chi connectivity index (χ0v) is 24.4. The van der Waals surface area contributed by atoms with Gasteiger partial charge in [0.25, 0.3) is 11.5 Å². The summed E-state index contributed by atoms with van der Waals surface area (Å²) >= 11 is 0. The summed E-state index contributed by atoms with van der Waals surface area (Å²) < 4.78 is 13.7. The second-order valence-corrected chi connectivity index (χ2v) is 11.5. The Morgan fingerprint density at radius 3 is 2.52 bits per heavy atom. The fourth-order valence-corrected chi connectivity index (χ4v) is 5.45. The normalized spacial score (nSPS) is 16.1. The summed E-state index contributed by atoms with van der Waals surface area (Å²) in [6.07, 6.45) is 3.37. The first-order chi connectivity index (χ1) is 18.5. The maximum atomic E-state index is 12.9. The van der Waals surface area contributed by atoms with E-state index in [2.05, 4.69) is 39.1 Å². The first kappa shape index (κ1) is 29.4. The van der Waals surface area contributed by atoms with Gasteiger partial charge in [-0.05, 0) is 69.5 Å². The quantitative estimate of drug-likeness (QED) is 0.452. The first-order valence-electron chi connectivity index (χ1n) is 13.2. The molecule has 212 valence electrons. The molecule has 2 aliphatic rings. The van der Waals surface area contributed by atoms with Crippen molar-refractivity contribution in [1.82, 2.24) is 9.88 Å². The monoisotopic (exact) mass is 565 g/mol. The van der Waals surface area contributed by atoms with Crippen LogP contribution in [-0.2, 0) is 19.4 Å². The fraction of sp³-hybridized carbons (Fsp3) is 0.387. The molecule has 8 nitrogen and oxygen atoms in total. The van der Waals surface area contributed by atoms with Crippen LogP contribution in [0.25, 0.3) is 0 Å². The number of amides is 1. The van der Waals surface area contributed by atoms with Crippen LogP contribution in [-0.4, -0.2) is 52.7 Å². The molecule has 0 saturated carbocycles. The van der Waals surface area contributed by atoms with Crippen LogP contribution < -0.4 is 20.3 Å². The first-order valence-corrected chi connectivity index (χ1v) is 13.2. The Labute approximate surface area is 240 Å². The van der Waals surface area contributed by atoms with Gasteiger partial charge in [-0.25, -0.2) is 0 Å². The molecule has 2 aromatic carbocycles. The van der Waals surface area contributed by atoms with Gasteiger partial charge in [-0.2, -0.15) is 0 Å². The molecule has 3 heterocycles. The zero-order valence-electron chi connectivity index (χ0n) is 23.5. The standard InChI is InChI=1S/C31H35N3O5.ClH/c1-30(2)15-22-14-24(38-5)28-23(16-31(3,4)39-28)26(22)27(33-30)21-10-11-25(36)34(18-21)17-19-6-8-20(9-7-19)29(37)32-12-13-35;/h6-11,14,18,35H,12-13,15-17H2,1-5H3,(H,32,37);1H. The number of hydrogen-bond acceptors (Lipinski definition) is 6. The van der Waals surface area contributed by atoms with Crippen LogP contribution in [0.4, 0.5) is 0 Å². The second-order valence-electron chi connectivity index (χ2n) is 11.5. The van der Waals surface area contributed by atoms with Crippen LogP contribution in [0.5, 0.6) is 11.5 Å². The largest absolute Gasteiger partial charge is 0.493 e. The molecule has 2 aliphatic heterocycles. The number of carbonyl (C=O) groups excluding carboxylic acids is 1. The summed E-state index contributed by atoms with van der Waals surface area (Å²) in [6.45, 7) is 8.82. The highest BCUT2D eigenvalue weighted by Crippen LogP contribution is 2.47. The Morgan fingerprint density at radius 1 is 1.12 bits per heavy atom. The molecule has 0 spiro atoms. The van der Waals surface area contributed by atoms with Gasteiger partial charge in [0.1, 0.15) is 5.60 Å². The number of methoxy groups -OCH3 is 1. The van der Waals surface area contributed by atoms with Crippen molar-refractivity contribution in [3.05, 3.63) is 92.4 Å².